The Bertz CT molecular complexity index is 370. The van der Waals surface area contributed by atoms with Crippen molar-refractivity contribution in [1.29, 1.82) is 0 Å². The molecular formula is C10H10BrF2NO. The van der Waals surface area contributed by atoms with Crippen LogP contribution in [0.1, 0.15) is 5.56 Å². The average Bonchev–Trinajstić information content (AvgIpc) is 2.08. The lowest BCUT2D eigenvalue weighted by Crippen LogP contribution is -2.60. The fourth-order valence-electron chi connectivity index (χ4n) is 1.61. The van der Waals surface area contributed by atoms with E-state index < -0.39 is 17.2 Å². The third-order valence-electron chi connectivity index (χ3n) is 2.52. The van der Waals surface area contributed by atoms with Gasteiger partial charge in [-0.05, 0) is 12.1 Å². The SMILES string of the molecule is OC1(Cc2c(F)cc(Br)cc2F)CNC1. The predicted octanol–water partition coefficient (Wildman–Crippen LogP) is 1.60. The van der Waals surface area contributed by atoms with Gasteiger partial charge >= 0.3 is 0 Å². The summed E-state index contributed by atoms with van der Waals surface area (Å²) in [5.41, 5.74) is -1.06. The molecule has 82 valence electrons. The van der Waals surface area contributed by atoms with Gasteiger partial charge in [0.2, 0.25) is 0 Å². The minimum atomic E-state index is -1.00. The third-order valence-corrected chi connectivity index (χ3v) is 2.98. The lowest BCUT2D eigenvalue weighted by molar-refractivity contribution is -0.0104. The average molecular weight is 278 g/mol. The maximum absolute atomic E-state index is 13.4. The van der Waals surface area contributed by atoms with E-state index >= 15 is 0 Å². The standard InChI is InChI=1S/C10H10BrF2NO/c11-6-1-8(12)7(9(13)2-6)3-10(15)4-14-5-10/h1-2,14-15H,3-5H2. The van der Waals surface area contributed by atoms with Gasteiger partial charge in [0.05, 0.1) is 5.60 Å². The molecule has 1 heterocycles. The molecule has 1 fully saturated rings. The first kappa shape index (κ1) is 11.0. The minimum absolute atomic E-state index is 0.00491. The second kappa shape index (κ2) is 3.81. The van der Waals surface area contributed by atoms with Crippen LogP contribution in [0.3, 0.4) is 0 Å². The van der Waals surface area contributed by atoms with Crippen LogP contribution in [0.2, 0.25) is 0 Å². The normalized spacial score (nSPS) is 18.7. The molecule has 0 unspecified atom stereocenters. The largest absolute Gasteiger partial charge is 0.387 e. The molecule has 0 aliphatic carbocycles. The van der Waals surface area contributed by atoms with Gasteiger partial charge in [-0.15, -0.1) is 0 Å². The zero-order chi connectivity index (χ0) is 11.1. The molecule has 15 heavy (non-hydrogen) atoms. The van der Waals surface area contributed by atoms with Gasteiger partial charge in [0.15, 0.2) is 0 Å². The number of hydrogen-bond donors (Lipinski definition) is 2. The number of β-amino-alcohol motifs (C(OH)–C–C–N with tert-alkyl or cyclic N) is 1. The molecular weight excluding hydrogens is 268 g/mol. The monoisotopic (exact) mass is 277 g/mol. The summed E-state index contributed by atoms with van der Waals surface area (Å²) < 4.78 is 27.2. The van der Waals surface area contributed by atoms with Crippen molar-refractivity contribution in [2.45, 2.75) is 12.0 Å². The van der Waals surface area contributed by atoms with E-state index in [9.17, 15) is 13.9 Å². The van der Waals surface area contributed by atoms with E-state index in [0.29, 0.717) is 17.6 Å². The zero-order valence-corrected chi connectivity index (χ0v) is 9.44. The second-order valence-corrected chi connectivity index (χ2v) is 4.77. The van der Waals surface area contributed by atoms with Crippen molar-refractivity contribution in [2.24, 2.45) is 0 Å². The summed E-state index contributed by atoms with van der Waals surface area (Å²) in [6.45, 7) is 0.754. The van der Waals surface area contributed by atoms with Crippen molar-refractivity contribution in [3.05, 3.63) is 33.8 Å². The first-order valence-electron chi connectivity index (χ1n) is 4.57. The maximum atomic E-state index is 13.4. The van der Waals surface area contributed by atoms with E-state index in [1.807, 2.05) is 0 Å². The van der Waals surface area contributed by atoms with Gasteiger partial charge in [0, 0.05) is 29.5 Å². The number of hydrogen-bond acceptors (Lipinski definition) is 2. The van der Waals surface area contributed by atoms with Crippen LogP contribution < -0.4 is 5.32 Å². The summed E-state index contributed by atoms with van der Waals surface area (Å²) in [7, 11) is 0. The number of benzene rings is 1. The van der Waals surface area contributed by atoms with E-state index in [0.717, 1.165) is 0 Å². The Morgan fingerprint density at radius 1 is 1.33 bits per heavy atom. The van der Waals surface area contributed by atoms with Crippen LogP contribution in [-0.4, -0.2) is 23.8 Å². The molecule has 2 N–H and O–H groups in total. The molecule has 2 nitrogen and oxygen atoms in total. The summed E-state index contributed by atoms with van der Waals surface area (Å²) in [5.74, 6) is -1.25. The van der Waals surface area contributed by atoms with Gasteiger partial charge in [-0.3, -0.25) is 0 Å². The van der Waals surface area contributed by atoms with Gasteiger partial charge in [-0.1, -0.05) is 15.9 Å². The fraction of sp³-hybridized carbons (Fsp3) is 0.400. The first-order chi connectivity index (χ1) is 7.00. The predicted molar refractivity (Wildman–Crippen MR) is 55.6 cm³/mol. The number of rotatable bonds is 2. The molecule has 0 saturated carbocycles. The van der Waals surface area contributed by atoms with Gasteiger partial charge < -0.3 is 10.4 Å². The highest BCUT2D eigenvalue weighted by Gasteiger charge is 2.36. The summed E-state index contributed by atoms with van der Waals surface area (Å²) in [5, 5.41) is 12.6. The van der Waals surface area contributed by atoms with Gasteiger partial charge in [0.1, 0.15) is 11.6 Å². The summed E-state index contributed by atoms with van der Waals surface area (Å²) >= 11 is 3.00. The van der Waals surface area contributed by atoms with Crippen molar-refractivity contribution >= 4 is 15.9 Å². The molecule has 0 bridgehead atoms. The molecule has 0 radical (unpaired) electrons. The van der Waals surface area contributed by atoms with Crippen LogP contribution in [0, 0.1) is 11.6 Å². The van der Waals surface area contributed by atoms with Crippen molar-refractivity contribution in [3.63, 3.8) is 0 Å². The highest BCUT2D eigenvalue weighted by Crippen LogP contribution is 2.25. The van der Waals surface area contributed by atoms with Crippen LogP contribution in [0.15, 0.2) is 16.6 Å². The lowest BCUT2D eigenvalue weighted by Gasteiger charge is -2.37. The summed E-state index contributed by atoms with van der Waals surface area (Å²) in [6.07, 6.45) is 0.00491. The van der Waals surface area contributed by atoms with Gasteiger partial charge in [-0.25, -0.2) is 8.78 Å². The van der Waals surface area contributed by atoms with E-state index in [-0.39, 0.29) is 12.0 Å². The molecule has 2 rings (SSSR count). The van der Waals surface area contributed by atoms with E-state index in [4.69, 9.17) is 0 Å². The molecule has 0 spiro atoms. The van der Waals surface area contributed by atoms with Crippen molar-refractivity contribution in [3.8, 4) is 0 Å². The molecule has 1 aliphatic rings. The van der Waals surface area contributed by atoms with E-state index in [1.54, 1.807) is 0 Å². The first-order valence-corrected chi connectivity index (χ1v) is 5.36. The Morgan fingerprint density at radius 2 is 1.87 bits per heavy atom. The number of halogens is 3. The highest BCUT2D eigenvalue weighted by molar-refractivity contribution is 9.10. The minimum Gasteiger partial charge on any atom is -0.387 e. The van der Waals surface area contributed by atoms with Gasteiger partial charge in [0.25, 0.3) is 0 Å². The summed E-state index contributed by atoms with van der Waals surface area (Å²) in [6, 6.07) is 2.40. The molecule has 1 aromatic rings. The smallest absolute Gasteiger partial charge is 0.130 e. The van der Waals surface area contributed by atoms with Crippen LogP contribution in [0.25, 0.3) is 0 Å². The van der Waals surface area contributed by atoms with Crippen LogP contribution in [0.4, 0.5) is 8.78 Å². The fourth-order valence-corrected chi connectivity index (χ4v) is 2.01. The van der Waals surface area contributed by atoms with Crippen molar-refractivity contribution in [1.82, 2.24) is 5.32 Å². The van der Waals surface area contributed by atoms with E-state index in [1.165, 1.54) is 12.1 Å². The molecule has 1 saturated heterocycles. The molecule has 0 amide bonds. The Morgan fingerprint density at radius 3 is 2.27 bits per heavy atom. The molecule has 0 atom stereocenters. The Balaban J connectivity index is 2.28. The zero-order valence-electron chi connectivity index (χ0n) is 7.86. The van der Waals surface area contributed by atoms with Crippen LogP contribution >= 0.6 is 15.9 Å². The quantitative estimate of drug-likeness (QED) is 0.861. The van der Waals surface area contributed by atoms with Crippen molar-refractivity contribution < 1.29 is 13.9 Å². The Labute approximate surface area is 94.4 Å². The number of nitrogens with one attached hydrogen (secondary N) is 1. The van der Waals surface area contributed by atoms with Crippen molar-refractivity contribution in [2.75, 3.05) is 13.1 Å². The molecule has 1 aliphatic heterocycles. The molecule has 1 aromatic carbocycles. The molecule has 0 aromatic heterocycles. The topological polar surface area (TPSA) is 32.3 Å². The van der Waals surface area contributed by atoms with Crippen LogP contribution in [-0.2, 0) is 6.42 Å². The third kappa shape index (κ3) is 2.19. The Kier molecular flexibility index (Phi) is 2.79. The molecule has 5 heteroatoms. The highest BCUT2D eigenvalue weighted by atomic mass is 79.9. The van der Waals surface area contributed by atoms with E-state index in [2.05, 4.69) is 21.2 Å². The second-order valence-electron chi connectivity index (χ2n) is 3.85. The Hall–Kier alpha value is -0.520. The maximum Gasteiger partial charge on any atom is 0.130 e. The number of aliphatic hydroxyl groups is 1. The van der Waals surface area contributed by atoms with Crippen LogP contribution in [0.5, 0.6) is 0 Å². The van der Waals surface area contributed by atoms with Gasteiger partial charge in [-0.2, -0.15) is 0 Å². The lowest BCUT2D eigenvalue weighted by atomic mass is 9.89. The summed E-state index contributed by atoms with van der Waals surface area (Å²) in [4.78, 5) is 0.